The number of amidine groups is 1. The Morgan fingerprint density at radius 3 is 2.35 bits per heavy atom. The number of piperazine rings is 1. The Morgan fingerprint density at radius 1 is 1.03 bits per heavy atom. The van der Waals surface area contributed by atoms with Gasteiger partial charge < -0.3 is 16.4 Å². The van der Waals surface area contributed by atoms with Crippen LogP contribution in [0.3, 0.4) is 0 Å². The Kier molecular flexibility index (Phi) is 7.94. The molecule has 1 unspecified atom stereocenters. The van der Waals surface area contributed by atoms with E-state index in [0.717, 1.165) is 61.4 Å². The summed E-state index contributed by atoms with van der Waals surface area (Å²) >= 11 is 12.4. The van der Waals surface area contributed by atoms with Crippen LogP contribution in [-0.2, 0) is 0 Å². The van der Waals surface area contributed by atoms with Gasteiger partial charge in [0.05, 0.1) is 10.0 Å². The Hall–Kier alpha value is -2.38. The third-order valence-electron chi connectivity index (χ3n) is 6.60. The molecule has 5 nitrogen and oxygen atoms in total. The van der Waals surface area contributed by atoms with Gasteiger partial charge in [-0.1, -0.05) is 48.3 Å². The fourth-order valence-electron chi connectivity index (χ4n) is 4.66. The van der Waals surface area contributed by atoms with Crippen LogP contribution in [0.4, 0.5) is 4.39 Å². The molecule has 0 amide bonds. The molecule has 8 heteroatoms. The van der Waals surface area contributed by atoms with Crippen molar-refractivity contribution < 1.29 is 4.39 Å². The van der Waals surface area contributed by atoms with Crippen molar-refractivity contribution in [1.82, 2.24) is 9.80 Å². The van der Waals surface area contributed by atoms with Gasteiger partial charge in [-0.15, -0.1) is 0 Å². The van der Waals surface area contributed by atoms with Crippen LogP contribution in [0.1, 0.15) is 36.9 Å². The summed E-state index contributed by atoms with van der Waals surface area (Å²) in [6, 6.07) is 12.3. The van der Waals surface area contributed by atoms with E-state index in [1.54, 1.807) is 12.1 Å². The van der Waals surface area contributed by atoms with Crippen molar-refractivity contribution in [3.05, 3.63) is 86.9 Å². The molecular weight excluding hydrogens is 472 g/mol. The minimum atomic E-state index is -0.272. The number of rotatable bonds is 6. The summed E-state index contributed by atoms with van der Waals surface area (Å²) in [5.74, 6) is 0.189. The smallest absolute Gasteiger partial charge is 0.132 e. The van der Waals surface area contributed by atoms with Gasteiger partial charge in [0.25, 0.3) is 0 Å². The van der Waals surface area contributed by atoms with Crippen LogP contribution in [0.5, 0.6) is 0 Å². The SMILES string of the molecule is CCC1=CN=C(N)C(c2ccc(F)cc2)=C(N2CCN(C(CN)c3ccc(Cl)c(Cl)c3)CC2)C1. The van der Waals surface area contributed by atoms with Crippen molar-refractivity contribution in [2.24, 2.45) is 16.5 Å². The van der Waals surface area contributed by atoms with Crippen LogP contribution in [0, 0.1) is 5.82 Å². The van der Waals surface area contributed by atoms with Crippen LogP contribution >= 0.6 is 23.2 Å². The molecule has 1 atom stereocenters. The summed E-state index contributed by atoms with van der Waals surface area (Å²) in [4.78, 5) is 9.29. The molecule has 2 aromatic rings. The van der Waals surface area contributed by atoms with Crippen LogP contribution in [0.25, 0.3) is 5.57 Å². The molecule has 1 saturated heterocycles. The average molecular weight is 502 g/mol. The van der Waals surface area contributed by atoms with E-state index in [1.807, 2.05) is 24.4 Å². The quantitative estimate of drug-likeness (QED) is 0.569. The molecule has 2 heterocycles. The highest BCUT2D eigenvalue weighted by Gasteiger charge is 2.28. The number of benzene rings is 2. The van der Waals surface area contributed by atoms with Crippen molar-refractivity contribution in [3.8, 4) is 0 Å². The van der Waals surface area contributed by atoms with Crippen LogP contribution in [-0.4, -0.2) is 48.4 Å². The normalized spacial score (nSPS) is 18.4. The van der Waals surface area contributed by atoms with Crippen LogP contribution < -0.4 is 11.5 Å². The molecule has 180 valence electrons. The van der Waals surface area contributed by atoms with Gasteiger partial charge in [0.1, 0.15) is 11.7 Å². The topological polar surface area (TPSA) is 70.9 Å². The Labute approximate surface area is 210 Å². The monoisotopic (exact) mass is 501 g/mol. The molecule has 0 aromatic heterocycles. The molecule has 0 aliphatic carbocycles. The molecule has 0 spiro atoms. The zero-order chi connectivity index (χ0) is 24.2. The number of nitrogens with two attached hydrogens (primary N) is 2. The van der Waals surface area contributed by atoms with Crippen molar-refractivity contribution >= 4 is 34.6 Å². The van der Waals surface area contributed by atoms with Gasteiger partial charge in [-0.3, -0.25) is 4.90 Å². The van der Waals surface area contributed by atoms with Crippen LogP contribution in [0.2, 0.25) is 10.0 Å². The number of hydrogen-bond acceptors (Lipinski definition) is 5. The van der Waals surface area contributed by atoms with Crippen molar-refractivity contribution in [1.29, 1.82) is 0 Å². The fraction of sp³-hybridized carbons (Fsp3) is 0.346. The van der Waals surface area contributed by atoms with Crippen LogP contribution in [0.15, 0.2) is 64.9 Å². The highest BCUT2D eigenvalue weighted by atomic mass is 35.5. The second-order valence-corrected chi connectivity index (χ2v) is 9.42. The summed E-state index contributed by atoms with van der Waals surface area (Å²) in [6.07, 6.45) is 3.53. The second-order valence-electron chi connectivity index (χ2n) is 8.61. The number of hydrogen-bond donors (Lipinski definition) is 2. The fourth-order valence-corrected chi connectivity index (χ4v) is 4.97. The average Bonchev–Trinajstić information content (AvgIpc) is 3.01. The van der Waals surface area contributed by atoms with Gasteiger partial charge in [-0.05, 0) is 47.4 Å². The molecule has 0 bridgehead atoms. The van der Waals surface area contributed by atoms with Gasteiger partial charge in [0.2, 0.25) is 0 Å². The first kappa shape index (κ1) is 24.7. The van der Waals surface area contributed by atoms with E-state index in [0.29, 0.717) is 22.4 Å². The number of nitrogens with zero attached hydrogens (tertiary/aromatic N) is 3. The lowest BCUT2D eigenvalue weighted by Gasteiger charge is -2.41. The predicted molar refractivity (Wildman–Crippen MR) is 139 cm³/mol. The van der Waals surface area contributed by atoms with Crippen molar-refractivity contribution in [2.45, 2.75) is 25.8 Å². The summed E-state index contributed by atoms with van der Waals surface area (Å²) in [5.41, 5.74) is 17.8. The second kappa shape index (κ2) is 10.9. The zero-order valence-corrected chi connectivity index (χ0v) is 20.8. The number of allylic oxidation sites excluding steroid dienone is 1. The van der Waals surface area contributed by atoms with Gasteiger partial charge >= 0.3 is 0 Å². The van der Waals surface area contributed by atoms with Gasteiger partial charge in [0, 0.05) is 62.7 Å². The lowest BCUT2D eigenvalue weighted by molar-refractivity contribution is 0.117. The molecule has 1 fully saturated rings. The number of halogens is 3. The summed E-state index contributed by atoms with van der Waals surface area (Å²) in [5, 5.41) is 1.08. The maximum atomic E-state index is 13.6. The highest BCUT2D eigenvalue weighted by molar-refractivity contribution is 6.42. The maximum Gasteiger partial charge on any atom is 0.132 e. The molecule has 4 N–H and O–H groups in total. The number of aliphatic imine (C=N–C) groups is 1. The highest BCUT2D eigenvalue weighted by Crippen LogP contribution is 2.33. The van der Waals surface area contributed by atoms with Gasteiger partial charge in [-0.2, -0.15) is 0 Å². The molecule has 2 aliphatic rings. The zero-order valence-electron chi connectivity index (χ0n) is 19.3. The molecule has 2 aromatic carbocycles. The van der Waals surface area contributed by atoms with E-state index >= 15 is 0 Å². The third-order valence-corrected chi connectivity index (χ3v) is 7.34. The molecule has 0 saturated carbocycles. The maximum absolute atomic E-state index is 13.6. The summed E-state index contributed by atoms with van der Waals surface area (Å²) < 4.78 is 13.6. The third kappa shape index (κ3) is 5.31. The van der Waals surface area contributed by atoms with E-state index in [2.05, 4.69) is 21.7 Å². The Morgan fingerprint density at radius 2 is 1.74 bits per heavy atom. The first-order valence-corrected chi connectivity index (χ1v) is 12.3. The standard InChI is InChI=1S/C26H30Cl2FN5/c1-2-17-13-23(25(26(31)32-16-17)18-3-6-20(29)7-4-18)33-9-11-34(12-10-33)24(15-30)19-5-8-21(27)22(28)14-19/h3-8,14,16,24H,2,9-13,15,30H2,1H3,(H2,31,32). The molecule has 2 aliphatic heterocycles. The predicted octanol–water partition coefficient (Wildman–Crippen LogP) is 5.22. The Balaban J connectivity index is 1.60. The molecular formula is C26H30Cl2FN5. The van der Waals surface area contributed by atoms with E-state index in [4.69, 9.17) is 34.7 Å². The molecule has 0 radical (unpaired) electrons. The lowest BCUT2D eigenvalue weighted by atomic mass is 9.97. The molecule has 34 heavy (non-hydrogen) atoms. The largest absolute Gasteiger partial charge is 0.383 e. The van der Waals surface area contributed by atoms with Crippen molar-refractivity contribution in [3.63, 3.8) is 0 Å². The lowest BCUT2D eigenvalue weighted by Crippen LogP contribution is -2.49. The minimum Gasteiger partial charge on any atom is -0.383 e. The van der Waals surface area contributed by atoms with E-state index in [9.17, 15) is 4.39 Å². The first-order valence-electron chi connectivity index (χ1n) is 11.6. The van der Waals surface area contributed by atoms with Crippen molar-refractivity contribution in [2.75, 3.05) is 32.7 Å². The van der Waals surface area contributed by atoms with E-state index < -0.39 is 0 Å². The first-order chi connectivity index (χ1) is 16.4. The van der Waals surface area contributed by atoms with Gasteiger partial charge in [0.15, 0.2) is 0 Å². The molecule has 4 rings (SSSR count). The minimum absolute atomic E-state index is 0.0642. The van der Waals surface area contributed by atoms with Gasteiger partial charge in [-0.25, -0.2) is 9.38 Å². The van der Waals surface area contributed by atoms with E-state index in [-0.39, 0.29) is 11.9 Å². The summed E-state index contributed by atoms with van der Waals surface area (Å²) in [7, 11) is 0. The summed E-state index contributed by atoms with van der Waals surface area (Å²) in [6.45, 7) is 5.93. The Bertz CT molecular complexity index is 1120. The van der Waals surface area contributed by atoms with E-state index in [1.165, 1.54) is 17.7 Å².